The molecule has 2 aromatic heterocycles. The maximum absolute atomic E-state index is 13.3. The van der Waals surface area contributed by atoms with Crippen LogP contribution in [-0.4, -0.2) is 88.2 Å². The van der Waals surface area contributed by atoms with Crippen LogP contribution in [0, 0.1) is 0 Å². The minimum Gasteiger partial charge on any atom is -0.506 e. The smallest absolute Gasteiger partial charge is 0.371 e. The summed E-state index contributed by atoms with van der Waals surface area (Å²) < 4.78 is 17.8. The van der Waals surface area contributed by atoms with Crippen LogP contribution < -0.4 is 15.4 Å². The molecule has 4 aromatic rings. The molecule has 3 heterocycles. The molecule has 0 unspecified atom stereocenters. The van der Waals surface area contributed by atoms with E-state index in [9.17, 15) is 19.5 Å². The molecule has 272 valence electrons. The van der Waals surface area contributed by atoms with E-state index >= 15 is 0 Å². The zero-order valence-corrected chi connectivity index (χ0v) is 29.0. The lowest BCUT2D eigenvalue weighted by Gasteiger charge is -2.34. The van der Waals surface area contributed by atoms with Crippen molar-refractivity contribution >= 4 is 23.5 Å². The Morgan fingerprint density at radius 3 is 2.53 bits per heavy atom. The van der Waals surface area contributed by atoms with Crippen LogP contribution in [0.4, 0.5) is 5.69 Å². The fourth-order valence-electron chi connectivity index (χ4n) is 6.29. The summed E-state index contributed by atoms with van der Waals surface area (Å²) in [4.78, 5) is 37.0. The lowest BCUT2D eigenvalue weighted by molar-refractivity contribution is -0.135. The lowest BCUT2D eigenvalue weighted by Crippen LogP contribution is -2.45. The molecule has 2 aromatic carbocycles. The number of hydrogen-bond acceptors (Lipinski definition) is 9. The van der Waals surface area contributed by atoms with Gasteiger partial charge in [-0.3, -0.25) is 14.3 Å². The average molecular weight is 702 g/mol. The molecule has 6 rings (SSSR count). The molecule has 1 saturated carbocycles. The standard InChI is InChI=1S/C33H43N5O5.C5H4O3/c1-37-22-27(21-35-37)25-9-7-24(8-10-25)14-19-42-20-15-31(41)38(28-5-3-2-4-6-28)18-17-34-16-13-26-11-12-29(39)32-33(26)43-23-30(40)36-32;6-5(7)4-2-1-3-8-4/h7-12,21-22,28,34,39H,2-6,13-20,23H2,1H3,(H,36,40);1-3H,(H,6,7). The summed E-state index contributed by atoms with van der Waals surface area (Å²) in [5.74, 6) is -0.642. The van der Waals surface area contributed by atoms with E-state index in [0.717, 1.165) is 36.0 Å². The number of rotatable bonds is 15. The van der Waals surface area contributed by atoms with Gasteiger partial charge in [0.15, 0.2) is 12.4 Å². The van der Waals surface area contributed by atoms with Gasteiger partial charge in [-0.15, -0.1) is 0 Å². The van der Waals surface area contributed by atoms with Crippen LogP contribution in [-0.2, 0) is 34.2 Å². The molecule has 1 aliphatic carbocycles. The summed E-state index contributed by atoms with van der Waals surface area (Å²) in [6.45, 7) is 2.99. The van der Waals surface area contributed by atoms with E-state index in [1.54, 1.807) is 10.7 Å². The number of carboxylic acid groups (broad SMARTS) is 1. The molecule has 0 bridgehead atoms. The molecular formula is C38H47N5O8. The molecule has 51 heavy (non-hydrogen) atoms. The van der Waals surface area contributed by atoms with Gasteiger partial charge in [-0.1, -0.05) is 49.6 Å². The number of furan rings is 1. The van der Waals surface area contributed by atoms with E-state index in [1.165, 1.54) is 43.2 Å². The van der Waals surface area contributed by atoms with Gasteiger partial charge in [0.25, 0.3) is 5.91 Å². The maximum Gasteiger partial charge on any atom is 0.371 e. The number of phenols is 1. The summed E-state index contributed by atoms with van der Waals surface area (Å²) in [6.07, 6.45) is 12.8. The third kappa shape index (κ3) is 10.9. The Morgan fingerprint density at radius 1 is 1.04 bits per heavy atom. The number of phenolic OH excluding ortho intramolecular Hbond substituents is 1. The van der Waals surface area contributed by atoms with Crippen molar-refractivity contribution in [3.8, 4) is 22.6 Å². The largest absolute Gasteiger partial charge is 0.506 e. The zero-order chi connectivity index (χ0) is 36.0. The molecular weight excluding hydrogens is 654 g/mol. The first-order chi connectivity index (χ1) is 24.8. The van der Waals surface area contributed by atoms with E-state index in [-0.39, 0.29) is 29.9 Å². The summed E-state index contributed by atoms with van der Waals surface area (Å²) in [5, 5.41) is 28.6. The highest BCUT2D eigenvalue weighted by atomic mass is 16.5. The molecule has 4 N–H and O–H groups in total. The van der Waals surface area contributed by atoms with Crippen molar-refractivity contribution < 1.29 is 38.5 Å². The lowest BCUT2D eigenvalue weighted by atomic mass is 9.94. The molecule has 0 atom stereocenters. The van der Waals surface area contributed by atoms with Crippen molar-refractivity contribution in [3.63, 3.8) is 0 Å². The highest BCUT2D eigenvalue weighted by molar-refractivity contribution is 5.97. The number of hydrogen-bond donors (Lipinski definition) is 4. The Kier molecular flexibility index (Phi) is 13.6. The number of aryl methyl sites for hydroxylation is 1. The van der Waals surface area contributed by atoms with Gasteiger partial charge in [-0.05, 0) is 67.1 Å². The summed E-state index contributed by atoms with van der Waals surface area (Å²) in [6, 6.07) is 15.1. The number of benzene rings is 2. The van der Waals surface area contributed by atoms with Gasteiger partial charge in [0.05, 0.1) is 32.1 Å². The van der Waals surface area contributed by atoms with E-state index in [4.69, 9.17) is 14.6 Å². The number of aromatic hydroxyl groups is 1. The monoisotopic (exact) mass is 701 g/mol. The Balaban J connectivity index is 0.000000556. The van der Waals surface area contributed by atoms with Crippen LogP contribution >= 0.6 is 0 Å². The third-order valence-corrected chi connectivity index (χ3v) is 8.99. The molecule has 1 fully saturated rings. The minimum absolute atomic E-state index is 0.000764. The first-order valence-electron chi connectivity index (χ1n) is 17.5. The second-order valence-electron chi connectivity index (χ2n) is 12.7. The predicted octanol–water partition coefficient (Wildman–Crippen LogP) is 5.04. The SMILES string of the molecule is Cn1cc(-c2ccc(CCOCCC(=O)N(CCNCCc3ccc(O)c4c3OCC(=O)N4)C3CCCCC3)cc2)cn1.O=C(O)c1ccco1. The molecule has 13 nitrogen and oxygen atoms in total. The van der Waals surface area contributed by atoms with Crippen molar-refractivity contribution in [1.82, 2.24) is 20.0 Å². The number of aromatic nitrogens is 2. The number of carbonyl (C=O) groups is 3. The normalized spacial score (nSPS) is 14.1. The molecule has 2 amide bonds. The van der Waals surface area contributed by atoms with Gasteiger partial charge in [-0.2, -0.15) is 5.10 Å². The molecule has 13 heteroatoms. The number of carbonyl (C=O) groups excluding carboxylic acids is 2. The van der Waals surface area contributed by atoms with E-state index < -0.39 is 5.97 Å². The molecule has 1 aliphatic heterocycles. The van der Waals surface area contributed by atoms with Crippen molar-refractivity contribution in [2.45, 2.75) is 57.4 Å². The fraction of sp³-hybridized carbons (Fsp3) is 0.421. The fourth-order valence-corrected chi connectivity index (χ4v) is 6.29. The van der Waals surface area contributed by atoms with Crippen molar-refractivity contribution in [1.29, 1.82) is 0 Å². The van der Waals surface area contributed by atoms with Crippen molar-refractivity contribution in [3.05, 3.63) is 84.1 Å². The topological polar surface area (TPSA) is 168 Å². The first-order valence-corrected chi connectivity index (χ1v) is 17.5. The van der Waals surface area contributed by atoms with Crippen LogP contribution in [0.2, 0.25) is 0 Å². The number of nitrogens with one attached hydrogen (secondary N) is 2. The highest BCUT2D eigenvalue weighted by Crippen LogP contribution is 2.39. The van der Waals surface area contributed by atoms with Crippen LogP contribution in [0.5, 0.6) is 11.5 Å². The Labute approximate surface area is 297 Å². The molecule has 0 radical (unpaired) electrons. The number of nitrogens with zero attached hydrogens (tertiary/aromatic N) is 3. The number of ether oxygens (including phenoxy) is 2. The number of anilines is 1. The second kappa shape index (κ2) is 18.7. The number of carboxylic acids is 1. The summed E-state index contributed by atoms with van der Waals surface area (Å²) in [7, 11) is 1.91. The Bertz CT molecular complexity index is 1710. The summed E-state index contributed by atoms with van der Waals surface area (Å²) >= 11 is 0. The quantitative estimate of drug-likeness (QED) is 0.0973. The van der Waals surface area contributed by atoms with Gasteiger partial charge < -0.3 is 39.6 Å². The predicted molar refractivity (Wildman–Crippen MR) is 191 cm³/mol. The molecule has 0 saturated heterocycles. The maximum atomic E-state index is 13.3. The van der Waals surface area contributed by atoms with Gasteiger partial charge in [0.1, 0.15) is 11.4 Å². The molecule has 2 aliphatic rings. The molecule has 0 spiro atoms. The number of fused-ring (bicyclic) bond motifs is 1. The van der Waals surface area contributed by atoms with Crippen molar-refractivity contribution in [2.75, 3.05) is 44.8 Å². The summed E-state index contributed by atoms with van der Waals surface area (Å²) in [5.41, 5.74) is 4.70. The minimum atomic E-state index is -1.03. The highest BCUT2D eigenvalue weighted by Gasteiger charge is 2.25. The average Bonchev–Trinajstić information content (AvgIpc) is 3.84. The number of aromatic carboxylic acids is 1. The van der Waals surface area contributed by atoms with Gasteiger partial charge >= 0.3 is 5.97 Å². The van der Waals surface area contributed by atoms with Gasteiger partial charge in [-0.25, -0.2) is 4.79 Å². The van der Waals surface area contributed by atoms with Crippen LogP contribution in [0.25, 0.3) is 11.1 Å². The van der Waals surface area contributed by atoms with Gasteiger partial charge in [0.2, 0.25) is 11.7 Å². The van der Waals surface area contributed by atoms with Crippen molar-refractivity contribution in [2.24, 2.45) is 7.05 Å². The van der Waals surface area contributed by atoms with E-state index in [1.807, 2.05) is 25.5 Å². The Morgan fingerprint density at radius 2 is 1.84 bits per heavy atom. The van der Waals surface area contributed by atoms with E-state index in [0.29, 0.717) is 63.2 Å². The van der Waals surface area contributed by atoms with Crippen LogP contribution in [0.1, 0.15) is 60.2 Å². The van der Waals surface area contributed by atoms with Crippen LogP contribution in [0.15, 0.2) is 71.6 Å². The van der Waals surface area contributed by atoms with E-state index in [2.05, 4.69) is 49.3 Å². The zero-order valence-electron chi connectivity index (χ0n) is 29.0. The van der Waals surface area contributed by atoms with Crippen LogP contribution in [0.3, 0.4) is 0 Å². The first kappa shape index (κ1) is 37.1. The van der Waals surface area contributed by atoms with Gasteiger partial charge in [0, 0.05) is 37.9 Å². The second-order valence-corrected chi connectivity index (χ2v) is 12.7. The third-order valence-electron chi connectivity index (χ3n) is 8.99. The number of amides is 2. The Hall–Kier alpha value is -5.14.